The van der Waals surface area contributed by atoms with Crippen LogP contribution in [0.5, 0.6) is 0 Å². The minimum atomic E-state index is 0.918. The van der Waals surface area contributed by atoms with Crippen LogP contribution in [0.25, 0.3) is 0 Å². The summed E-state index contributed by atoms with van der Waals surface area (Å²) in [6, 6.07) is 1.97. The first-order valence-corrected chi connectivity index (χ1v) is 4.59. The molecule has 3 heteroatoms. The van der Waals surface area contributed by atoms with E-state index < -0.39 is 0 Å². The highest BCUT2D eigenvalue weighted by Gasteiger charge is 2.04. The van der Waals surface area contributed by atoms with Crippen molar-refractivity contribution in [1.29, 1.82) is 0 Å². The molecule has 11 heavy (non-hydrogen) atoms. The lowest BCUT2D eigenvalue weighted by molar-refractivity contribution is 1.07. The Morgan fingerprint density at radius 3 is 2.09 bits per heavy atom. The second-order valence-corrected chi connectivity index (χ2v) is 3.91. The fourth-order valence-corrected chi connectivity index (χ4v) is 1.74. The summed E-state index contributed by atoms with van der Waals surface area (Å²) in [6.45, 7) is 4.01. The van der Waals surface area contributed by atoms with E-state index >= 15 is 0 Å². The summed E-state index contributed by atoms with van der Waals surface area (Å²) in [7, 11) is 0. The van der Waals surface area contributed by atoms with Gasteiger partial charge < -0.3 is 0 Å². The molecular weight excluding hydrogens is 192 g/mol. The normalized spacial score (nSPS) is 10.3. The smallest absolute Gasteiger partial charge is 0.0214 e. The van der Waals surface area contributed by atoms with Gasteiger partial charge >= 0.3 is 0 Å². The van der Waals surface area contributed by atoms with Gasteiger partial charge in [0.25, 0.3) is 0 Å². The molecule has 0 spiro atoms. The Labute approximate surface area is 83.6 Å². The lowest BCUT2D eigenvalue weighted by Gasteiger charge is -2.08. The molecule has 0 bridgehead atoms. The van der Waals surface area contributed by atoms with Gasteiger partial charge in [-0.15, -0.1) is 37.9 Å². The van der Waals surface area contributed by atoms with E-state index in [1.807, 2.05) is 19.9 Å². The summed E-state index contributed by atoms with van der Waals surface area (Å²) < 4.78 is 0. The van der Waals surface area contributed by atoms with Gasteiger partial charge in [0, 0.05) is 14.7 Å². The Morgan fingerprint density at radius 1 is 1.00 bits per heavy atom. The fourth-order valence-electron chi connectivity index (χ4n) is 0.942. The van der Waals surface area contributed by atoms with Crippen molar-refractivity contribution in [3.63, 3.8) is 0 Å². The molecule has 0 nitrogen and oxygen atoms in total. The van der Waals surface area contributed by atoms with Crippen LogP contribution in [0.15, 0.2) is 20.8 Å². The number of hydrogen-bond donors (Lipinski definition) is 3. The van der Waals surface area contributed by atoms with Crippen molar-refractivity contribution >= 4 is 37.9 Å². The Bertz CT molecular complexity index is 266. The molecule has 0 radical (unpaired) electrons. The topological polar surface area (TPSA) is 0 Å². The molecule has 0 heterocycles. The molecule has 1 rings (SSSR count). The summed E-state index contributed by atoms with van der Waals surface area (Å²) in [5.41, 5.74) is 2.25. The molecule has 0 saturated carbocycles. The number of benzene rings is 1. The van der Waals surface area contributed by atoms with Gasteiger partial charge in [-0.3, -0.25) is 0 Å². The highest BCUT2D eigenvalue weighted by molar-refractivity contribution is 7.83. The van der Waals surface area contributed by atoms with E-state index in [0.717, 1.165) is 25.8 Å². The molecular formula is C8H10S3. The van der Waals surface area contributed by atoms with Gasteiger partial charge in [-0.2, -0.15) is 0 Å². The average Bonchev–Trinajstić information content (AvgIpc) is 1.97. The molecule has 0 aliphatic heterocycles. The molecule has 0 unspecified atom stereocenters. The highest BCUT2D eigenvalue weighted by Crippen LogP contribution is 2.29. The minimum absolute atomic E-state index is 0.918. The largest absolute Gasteiger partial charge is 0.143 e. The number of thiol groups is 3. The summed E-state index contributed by atoms with van der Waals surface area (Å²) in [5, 5.41) is 0. The van der Waals surface area contributed by atoms with E-state index in [9.17, 15) is 0 Å². The second-order valence-electron chi connectivity index (χ2n) is 2.53. The van der Waals surface area contributed by atoms with Crippen molar-refractivity contribution in [3.05, 3.63) is 17.2 Å². The number of rotatable bonds is 0. The molecule has 1 aromatic carbocycles. The van der Waals surface area contributed by atoms with Crippen LogP contribution in [0.3, 0.4) is 0 Å². The Morgan fingerprint density at radius 2 is 1.55 bits per heavy atom. The van der Waals surface area contributed by atoms with Crippen molar-refractivity contribution in [2.24, 2.45) is 0 Å². The third-order valence-corrected chi connectivity index (χ3v) is 3.47. The van der Waals surface area contributed by atoms with Crippen LogP contribution in [0.1, 0.15) is 11.1 Å². The molecule has 0 amide bonds. The summed E-state index contributed by atoms with van der Waals surface area (Å²) in [6.07, 6.45) is 0. The molecule has 0 atom stereocenters. The Kier molecular flexibility index (Phi) is 2.84. The van der Waals surface area contributed by atoms with Gasteiger partial charge in [-0.05, 0) is 31.0 Å². The van der Waals surface area contributed by atoms with E-state index in [1.54, 1.807) is 0 Å². The maximum Gasteiger partial charge on any atom is 0.0214 e. The maximum absolute atomic E-state index is 4.35. The van der Waals surface area contributed by atoms with Crippen molar-refractivity contribution in [2.75, 3.05) is 0 Å². The van der Waals surface area contributed by atoms with Crippen molar-refractivity contribution < 1.29 is 0 Å². The van der Waals surface area contributed by atoms with Crippen molar-refractivity contribution in [1.82, 2.24) is 0 Å². The van der Waals surface area contributed by atoms with Crippen LogP contribution in [0, 0.1) is 13.8 Å². The lowest BCUT2D eigenvalue weighted by atomic mass is 10.1. The molecule has 1 aromatic rings. The monoisotopic (exact) mass is 202 g/mol. The number of aryl methyl sites for hydroxylation is 1. The van der Waals surface area contributed by atoms with Crippen molar-refractivity contribution in [3.8, 4) is 0 Å². The Balaban J connectivity index is 3.46. The highest BCUT2D eigenvalue weighted by atomic mass is 32.1. The van der Waals surface area contributed by atoms with Gasteiger partial charge in [-0.25, -0.2) is 0 Å². The first-order chi connectivity index (χ1) is 5.04. The van der Waals surface area contributed by atoms with Gasteiger partial charge in [0.2, 0.25) is 0 Å². The van der Waals surface area contributed by atoms with Crippen LogP contribution in [0.2, 0.25) is 0 Å². The quantitative estimate of drug-likeness (QED) is 0.529. The molecule has 0 saturated heterocycles. The molecule has 0 N–H and O–H groups in total. The van der Waals surface area contributed by atoms with E-state index in [1.165, 1.54) is 0 Å². The Hall–Kier alpha value is 0.270. The van der Waals surface area contributed by atoms with Gasteiger partial charge in [0.1, 0.15) is 0 Å². The molecule has 0 fully saturated rings. The van der Waals surface area contributed by atoms with Gasteiger partial charge in [0.15, 0.2) is 0 Å². The second kappa shape index (κ2) is 3.33. The van der Waals surface area contributed by atoms with E-state index in [0.29, 0.717) is 0 Å². The number of hydrogen-bond acceptors (Lipinski definition) is 3. The SMILES string of the molecule is Cc1cc(S)c(S)c(C)c1S. The van der Waals surface area contributed by atoms with Gasteiger partial charge in [-0.1, -0.05) is 0 Å². The molecule has 0 aliphatic rings. The molecule has 0 aliphatic carbocycles. The zero-order valence-corrected chi connectivity index (χ0v) is 9.10. The first-order valence-electron chi connectivity index (χ1n) is 3.25. The van der Waals surface area contributed by atoms with Gasteiger partial charge in [0.05, 0.1) is 0 Å². The summed E-state index contributed by atoms with van der Waals surface area (Å²) in [5.74, 6) is 0. The van der Waals surface area contributed by atoms with Crippen LogP contribution in [0.4, 0.5) is 0 Å². The van der Waals surface area contributed by atoms with E-state index in [-0.39, 0.29) is 0 Å². The average molecular weight is 202 g/mol. The third-order valence-electron chi connectivity index (χ3n) is 1.68. The van der Waals surface area contributed by atoms with E-state index in [4.69, 9.17) is 0 Å². The van der Waals surface area contributed by atoms with E-state index in [2.05, 4.69) is 37.9 Å². The minimum Gasteiger partial charge on any atom is -0.143 e. The lowest BCUT2D eigenvalue weighted by Crippen LogP contribution is -1.86. The van der Waals surface area contributed by atoms with Crippen LogP contribution >= 0.6 is 37.9 Å². The standard InChI is InChI=1S/C8H10S3/c1-4-3-6(9)8(11)5(2)7(4)10/h3,9-11H,1-2H3. The zero-order valence-electron chi connectivity index (χ0n) is 6.42. The van der Waals surface area contributed by atoms with Crippen LogP contribution in [-0.4, -0.2) is 0 Å². The fraction of sp³-hybridized carbons (Fsp3) is 0.250. The van der Waals surface area contributed by atoms with Crippen LogP contribution in [-0.2, 0) is 0 Å². The summed E-state index contributed by atoms with van der Waals surface area (Å²) in [4.78, 5) is 2.85. The zero-order chi connectivity index (χ0) is 8.59. The summed E-state index contributed by atoms with van der Waals surface area (Å²) >= 11 is 12.9. The first kappa shape index (κ1) is 9.36. The maximum atomic E-state index is 4.35. The molecule has 60 valence electrons. The van der Waals surface area contributed by atoms with Crippen LogP contribution < -0.4 is 0 Å². The molecule has 0 aromatic heterocycles. The van der Waals surface area contributed by atoms with Crippen molar-refractivity contribution in [2.45, 2.75) is 28.5 Å². The predicted octanol–water partition coefficient (Wildman–Crippen LogP) is 3.17. The third kappa shape index (κ3) is 1.71. The predicted molar refractivity (Wildman–Crippen MR) is 57.7 cm³/mol.